The second-order valence-corrected chi connectivity index (χ2v) is 8.72. The van der Waals surface area contributed by atoms with E-state index >= 15 is 0 Å². The minimum atomic E-state index is -0.467. The number of amides is 2. The average Bonchev–Trinajstić information content (AvgIpc) is 3.47. The SMILES string of the molecule is O=C(NC1C=NN2C=CC(N3CCC[C@@H]3c3cc(F)cc(Cl)c3)=NC12)N1CC[C@H](O)C1. The number of hydrogen-bond acceptors (Lipinski definition) is 6. The van der Waals surface area contributed by atoms with Crippen LogP contribution in [-0.2, 0) is 0 Å². The number of hydrogen-bond donors (Lipinski definition) is 2. The minimum absolute atomic E-state index is 0.00963. The summed E-state index contributed by atoms with van der Waals surface area (Å²) in [5.74, 6) is 0.436. The number of halogens is 2. The monoisotopic (exact) mass is 446 g/mol. The van der Waals surface area contributed by atoms with Gasteiger partial charge in [0.1, 0.15) is 17.7 Å². The van der Waals surface area contributed by atoms with Crippen LogP contribution in [0.4, 0.5) is 9.18 Å². The van der Waals surface area contributed by atoms with Crippen molar-refractivity contribution in [3.05, 3.63) is 46.9 Å². The Morgan fingerprint density at radius 3 is 2.90 bits per heavy atom. The van der Waals surface area contributed by atoms with Crippen molar-refractivity contribution in [2.24, 2.45) is 10.1 Å². The van der Waals surface area contributed by atoms with Crippen LogP contribution in [0.25, 0.3) is 0 Å². The van der Waals surface area contributed by atoms with Crippen LogP contribution in [0.15, 0.2) is 40.6 Å². The van der Waals surface area contributed by atoms with Gasteiger partial charge >= 0.3 is 6.03 Å². The maximum absolute atomic E-state index is 13.9. The number of aliphatic imine (C=N–C) groups is 1. The molecule has 2 unspecified atom stereocenters. The van der Waals surface area contributed by atoms with Gasteiger partial charge in [0.05, 0.1) is 18.4 Å². The number of benzene rings is 1. The predicted octanol–water partition coefficient (Wildman–Crippen LogP) is 2.31. The van der Waals surface area contributed by atoms with Crippen LogP contribution in [0, 0.1) is 5.82 Å². The van der Waals surface area contributed by atoms with E-state index in [0.29, 0.717) is 24.5 Å². The van der Waals surface area contributed by atoms with E-state index in [1.165, 1.54) is 12.1 Å². The summed E-state index contributed by atoms with van der Waals surface area (Å²) in [6, 6.07) is 4.02. The molecule has 8 nitrogen and oxygen atoms in total. The number of fused-ring (bicyclic) bond motifs is 1. The second kappa shape index (κ2) is 8.12. The Hall–Kier alpha value is -2.65. The first kappa shape index (κ1) is 20.3. The fraction of sp³-hybridized carbons (Fsp3) is 0.476. The number of aliphatic hydroxyl groups excluding tert-OH is 1. The average molecular weight is 447 g/mol. The molecule has 4 aliphatic heterocycles. The van der Waals surface area contributed by atoms with E-state index in [0.717, 1.165) is 30.8 Å². The van der Waals surface area contributed by atoms with Gasteiger partial charge in [-0.3, -0.25) is 0 Å². The molecule has 1 aromatic carbocycles. The molecule has 4 atom stereocenters. The van der Waals surface area contributed by atoms with E-state index in [1.54, 1.807) is 22.2 Å². The molecule has 2 saturated heterocycles. The first-order valence-corrected chi connectivity index (χ1v) is 10.9. The quantitative estimate of drug-likeness (QED) is 0.730. The smallest absolute Gasteiger partial charge is 0.318 e. The standard InChI is InChI=1S/C21H24ClFN6O2/c22-14-8-13(9-15(23)10-14)18-2-1-5-28(18)19-4-7-29-20(26-19)17(11-24-29)25-21(31)27-6-3-16(30)12-27/h4,7-11,16-18,20,30H,1-3,5-6,12H2,(H,25,31)/t16-,17?,18+,20?/m0/s1. The van der Waals surface area contributed by atoms with E-state index in [4.69, 9.17) is 16.6 Å². The summed E-state index contributed by atoms with van der Waals surface area (Å²) in [6.45, 7) is 1.67. The predicted molar refractivity (Wildman–Crippen MR) is 115 cm³/mol. The molecule has 2 amide bonds. The van der Waals surface area contributed by atoms with Crippen molar-refractivity contribution in [2.75, 3.05) is 19.6 Å². The number of carbonyl (C=O) groups excluding carboxylic acids is 1. The lowest BCUT2D eigenvalue weighted by molar-refractivity contribution is 0.169. The summed E-state index contributed by atoms with van der Waals surface area (Å²) in [6.07, 6.45) is 7.02. The molecule has 2 fully saturated rings. The van der Waals surface area contributed by atoms with Crippen molar-refractivity contribution in [1.29, 1.82) is 0 Å². The third-order valence-corrected chi connectivity index (χ3v) is 6.37. The van der Waals surface area contributed by atoms with Crippen LogP contribution in [0.5, 0.6) is 0 Å². The summed E-state index contributed by atoms with van der Waals surface area (Å²) in [7, 11) is 0. The Kier molecular flexibility index (Phi) is 5.31. The van der Waals surface area contributed by atoms with Gasteiger partial charge in [-0.2, -0.15) is 5.10 Å². The van der Waals surface area contributed by atoms with Gasteiger partial charge in [0.25, 0.3) is 0 Å². The van der Waals surface area contributed by atoms with Crippen LogP contribution in [0.1, 0.15) is 30.9 Å². The molecule has 4 aliphatic rings. The van der Waals surface area contributed by atoms with Gasteiger partial charge in [0.2, 0.25) is 0 Å². The molecule has 1 aromatic rings. The lowest BCUT2D eigenvalue weighted by Gasteiger charge is -2.32. The van der Waals surface area contributed by atoms with Gasteiger partial charge in [-0.15, -0.1) is 0 Å². The van der Waals surface area contributed by atoms with Gasteiger partial charge in [-0.25, -0.2) is 19.2 Å². The molecule has 164 valence electrons. The fourth-order valence-corrected chi connectivity index (χ4v) is 4.87. The van der Waals surface area contributed by atoms with Gasteiger partial charge in [-0.1, -0.05) is 11.6 Å². The molecule has 0 saturated carbocycles. The number of amidine groups is 1. The third kappa shape index (κ3) is 3.99. The molecular weight excluding hydrogens is 423 g/mol. The third-order valence-electron chi connectivity index (χ3n) is 6.15. The minimum Gasteiger partial charge on any atom is -0.391 e. The van der Waals surface area contributed by atoms with E-state index < -0.39 is 6.10 Å². The topological polar surface area (TPSA) is 83.8 Å². The van der Waals surface area contributed by atoms with Gasteiger partial charge in [0, 0.05) is 30.9 Å². The highest BCUT2D eigenvalue weighted by atomic mass is 35.5. The zero-order valence-corrected chi connectivity index (χ0v) is 17.6. The fourth-order valence-electron chi connectivity index (χ4n) is 4.64. The summed E-state index contributed by atoms with van der Waals surface area (Å²) >= 11 is 6.08. The van der Waals surface area contributed by atoms with Crippen LogP contribution in [0.3, 0.4) is 0 Å². The molecule has 10 heteroatoms. The van der Waals surface area contributed by atoms with Gasteiger partial charge < -0.3 is 20.2 Å². The number of rotatable bonds is 2. The maximum atomic E-state index is 13.9. The van der Waals surface area contributed by atoms with Crippen molar-refractivity contribution in [2.45, 2.75) is 43.6 Å². The van der Waals surface area contributed by atoms with Gasteiger partial charge in [0.15, 0.2) is 6.17 Å². The van der Waals surface area contributed by atoms with Gasteiger partial charge in [-0.05, 0) is 49.1 Å². The van der Waals surface area contributed by atoms with Crippen molar-refractivity contribution in [3.63, 3.8) is 0 Å². The maximum Gasteiger partial charge on any atom is 0.318 e. The zero-order valence-electron chi connectivity index (χ0n) is 16.9. The number of nitrogens with one attached hydrogen (secondary N) is 1. The Balaban J connectivity index is 1.33. The normalized spacial score (nSPS) is 29.5. The lowest BCUT2D eigenvalue weighted by Crippen LogP contribution is -2.51. The number of urea groups is 1. The summed E-state index contributed by atoms with van der Waals surface area (Å²) in [5.41, 5.74) is 0.834. The summed E-state index contributed by atoms with van der Waals surface area (Å²) in [5, 5.41) is 19.1. The highest BCUT2D eigenvalue weighted by Crippen LogP contribution is 2.35. The molecule has 2 N–H and O–H groups in total. The highest BCUT2D eigenvalue weighted by molar-refractivity contribution is 6.30. The number of carbonyl (C=O) groups is 1. The number of hydrazone groups is 1. The van der Waals surface area contributed by atoms with Crippen LogP contribution < -0.4 is 5.32 Å². The Bertz CT molecular complexity index is 949. The summed E-state index contributed by atoms with van der Waals surface area (Å²) in [4.78, 5) is 21.2. The second-order valence-electron chi connectivity index (χ2n) is 8.28. The lowest BCUT2D eigenvalue weighted by atomic mass is 10.0. The molecule has 5 rings (SSSR count). The number of β-amino-alcohol motifs (C(OH)–C–C–N with tert-alkyl or cyclic N) is 1. The Morgan fingerprint density at radius 1 is 1.26 bits per heavy atom. The highest BCUT2D eigenvalue weighted by Gasteiger charge is 2.37. The van der Waals surface area contributed by atoms with Crippen molar-refractivity contribution < 1.29 is 14.3 Å². The molecule has 0 bridgehead atoms. The zero-order chi connectivity index (χ0) is 21.5. The van der Waals surface area contributed by atoms with E-state index in [-0.39, 0.29) is 30.1 Å². The molecule has 0 aromatic heterocycles. The molecule has 0 spiro atoms. The first-order valence-electron chi connectivity index (χ1n) is 10.5. The van der Waals surface area contributed by atoms with Crippen molar-refractivity contribution in [1.82, 2.24) is 20.1 Å². The first-order chi connectivity index (χ1) is 15.0. The van der Waals surface area contributed by atoms with Crippen molar-refractivity contribution in [3.8, 4) is 0 Å². The Morgan fingerprint density at radius 2 is 2.13 bits per heavy atom. The van der Waals surface area contributed by atoms with E-state index in [9.17, 15) is 14.3 Å². The molecular formula is C21H24ClFN6O2. The van der Waals surface area contributed by atoms with E-state index in [1.807, 2.05) is 12.3 Å². The number of aliphatic hydroxyl groups is 1. The van der Waals surface area contributed by atoms with Crippen molar-refractivity contribution >= 4 is 29.7 Å². The molecule has 31 heavy (non-hydrogen) atoms. The molecule has 0 radical (unpaired) electrons. The Labute approximate surface area is 184 Å². The molecule has 4 heterocycles. The van der Waals surface area contributed by atoms with E-state index in [2.05, 4.69) is 15.3 Å². The number of nitrogens with zero attached hydrogens (tertiary/aromatic N) is 5. The van der Waals surface area contributed by atoms with Crippen LogP contribution >= 0.6 is 11.6 Å². The molecule has 0 aliphatic carbocycles. The van der Waals surface area contributed by atoms with Crippen LogP contribution in [-0.4, -0.2) is 75.9 Å². The van der Waals surface area contributed by atoms with Crippen LogP contribution in [0.2, 0.25) is 5.02 Å². The summed E-state index contributed by atoms with van der Waals surface area (Å²) < 4.78 is 13.9. The number of likely N-dealkylation sites (tertiary alicyclic amines) is 2. The largest absolute Gasteiger partial charge is 0.391 e.